The van der Waals surface area contributed by atoms with Crippen LogP contribution in [-0.2, 0) is 0 Å². The number of carbonyl (C=O) groups is 1. The lowest BCUT2D eigenvalue weighted by atomic mass is 10.1. The Morgan fingerprint density at radius 3 is 2.70 bits per heavy atom. The summed E-state index contributed by atoms with van der Waals surface area (Å²) in [5.74, 6) is 0.283. The minimum atomic E-state index is -0.381. The lowest BCUT2D eigenvalue weighted by molar-refractivity contribution is 0.0956. The third-order valence-electron chi connectivity index (χ3n) is 4.04. The molecule has 0 fully saturated rings. The molecule has 0 saturated carbocycles. The molecule has 0 radical (unpaired) electrons. The normalized spacial score (nSPS) is 11.1. The first-order chi connectivity index (χ1) is 13.2. The molecule has 0 aliphatic carbocycles. The highest BCUT2D eigenvalue weighted by molar-refractivity contribution is 6.07. The number of nitrogens with one attached hydrogen (secondary N) is 1. The van der Waals surface area contributed by atoms with Crippen LogP contribution in [0.4, 0.5) is 0 Å². The van der Waals surface area contributed by atoms with Crippen LogP contribution in [0.2, 0.25) is 0 Å². The SMILES string of the molecule is O=C(N/N=C/c1ccccc1O)c1cc(-c2ccco2)nc2ccccc12. The van der Waals surface area contributed by atoms with Crippen LogP contribution < -0.4 is 5.43 Å². The van der Waals surface area contributed by atoms with Crippen LogP contribution in [0, 0.1) is 0 Å². The Kier molecular flexibility index (Phi) is 4.37. The molecule has 0 spiro atoms. The zero-order valence-electron chi connectivity index (χ0n) is 14.2. The summed E-state index contributed by atoms with van der Waals surface area (Å²) in [6.07, 6.45) is 2.95. The number of rotatable bonds is 4. The summed E-state index contributed by atoms with van der Waals surface area (Å²) in [5.41, 5.74) is 4.69. The second-order valence-electron chi connectivity index (χ2n) is 5.81. The maximum atomic E-state index is 12.7. The number of phenolic OH excluding ortho intramolecular Hbond substituents is 1. The Morgan fingerprint density at radius 2 is 1.89 bits per heavy atom. The summed E-state index contributed by atoms with van der Waals surface area (Å²) in [4.78, 5) is 17.3. The van der Waals surface area contributed by atoms with E-state index >= 15 is 0 Å². The summed E-state index contributed by atoms with van der Waals surface area (Å²) in [7, 11) is 0. The van der Waals surface area contributed by atoms with Gasteiger partial charge in [0.1, 0.15) is 11.4 Å². The number of hydrazone groups is 1. The molecule has 1 amide bonds. The van der Waals surface area contributed by atoms with Crippen LogP contribution in [0.5, 0.6) is 5.75 Å². The van der Waals surface area contributed by atoms with Crippen molar-refractivity contribution in [1.82, 2.24) is 10.4 Å². The highest BCUT2D eigenvalue weighted by atomic mass is 16.3. The molecular formula is C21H15N3O3. The summed E-state index contributed by atoms with van der Waals surface area (Å²) in [6.45, 7) is 0. The van der Waals surface area contributed by atoms with Crippen molar-refractivity contribution < 1.29 is 14.3 Å². The predicted molar refractivity (Wildman–Crippen MR) is 103 cm³/mol. The van der Waals surface area contributed by atoms with Crippen molar-refractivity contribution in [2.24, 2.45) is 5.10 Å². The minimum Gasteiger partial charge on any atom is -0.507 e. The summed E-state index contributed by atoms with van der Waals surface area (Å²) in [6, 6.07) is 19.3. The maximum absolute atomic E-state index is 12.7. The van der Waals surface area contributed by atoms with Gasteiger partial charge in [-0.25, -0.2) is 10.4 Å². The van der Waals surface area contributed by atoms with Gasteiger partial charge in [0.15, 0.2) is 5.76 Å². The number of hydrogen-bond acceptors (Lipinski definition) is 5. The molecule has 0 aliphatic rings. The van der Waals surface area contributed by atoms with E-state index in [1.165, 1.54) is 6.21 Å². The third kappa shape index (κ3) is 3.41. The number of para-hydroxylation sites is 2. The van der Waals surface area contributed by atoms with Crippen LogP contribution >= 0.6 is 0 Å². The predicted octanol–water partition coefficient (Wildman–Crippen LogP) is 3.96. The highest BCUT2D eigenvalue weighted by Gasteiger charge is 2.14. The van der Waals surface area contributed by atoms with Crippen molar-refractivity contribution >= 4 is 23.0 Å². The molecule has 4 aromatic rings. The zero-order chi connectivity index (χ0) is 18.6. The molecule has 2 heterocycles. The van der Waals surface area contributed by atoms with Gasteiger partial charge in [0, 0.05) is 10.9 Å². The molecule has 2 aromatic carbocycles. The van der Waals surface area contributed by atoms with E-state index in [4.69, 9.17) is 4.42 Å². The van der Waals surface area contributed by atoms with Gasteiger partial charge in [0.2, 0.25) is 0 Å². The van der Waals surface area contributed by atoms with Gasteiger partial charge in [-0.15, -0.1) is 0 Å². The summed E-state index contributed by atoms with van der Waals surface area (Å²) >= 11 is 0. The van der Waals surface area contributed by atoms with E-state index in [9.17, 15) is 9.90 Å². The molecule has 0 aliphatic heterocycles. The summed E-state index contributed by atoms with van der Waals surface area (Å²) < 4.78 is 5.40. The van der Waals surface area contributed by atoms with Gasteiger partial charge in [-0.2, -0.15) is 5.10 Å². The number of nitrogens with zero attached hydrogens (tertiary/aromatic N) is 2. The lowest BCUT2D eigenvalue weighted by Crippen LogP contribution is -2.18. The number of aromatic nitrogens is 1. The molecule has 4 rings (SSSR count). The first-order valence-electron chi connectivity index (χ1n) is 8.27. The van der Waals surface area contributed by atoms with E-state index in [1.807, 2.05) is 24.3 Å². The highest BCUT2D eigenvalue weighted by Crippen LogP contribution is 2.25. The van der Waals surface area contributed by atoms with Crippen molar-refractivity contribution in [2.75, 3.05) is 0 Å². The maximum Gasteiger partial charge on any atom is 0.272 e. The molecule has 2 aromatic heterocycles. The Labute approximate surface area is 154 Å². The molecule has 0 atom stereocenters. The van der Waals surface area contributed by atoms with Gasteiger partial charge in [-0.3, -0.25) is 4.79 Å². The molecule has 0 unspecified atom stereocenters. The number of benzene rings is 2. The quantitative estimate of drug-likeness (QED) is 0.427. The minimum absolute atomic E-state index is 0.0879. The number of fused-ring (bicyclic) bond motifs is 1. The average Bonchev–Trinajstić information content (AvgIpc) is 3.23. The number of hydrogen-bond donors (Lipinski definition) is 2. The van der Waals surface area contributed by atoms with E-state index in [0.717, 1.165) is 0 Å². The van der Waals surface area contributed by atoms with Crippen LogP contribution in [0.25, 0.3) is 22.4 Å². The topological polar surface area (TPSA) is 87.7 Å². The molecule has 132 valence electrons. The van der Waals surface area contributed by atoms with E-state index in [2.05, 4.69) is 15.5 Å². The van der Waals surface area contributed by atoms with Crippen LogP contribution in [0.15, 0.2) is 82.5 Å². The number of furan rings is 1. The van der Waals surface area contributed by atoms with E-state index in [-0.39, 0.29) is 11.7 Å². The molecular weight excluding hydrogens is 342 g/mol. The zero-order valence-corrected chi connectivity index (χ0v) is 14.2. The molecule has 27 heavy (non-hydrogen) atoms. The number of aromatic hydroxyl groups is 1. The fourth-order valence-electron chi connectivity index (χ4n) is 2.73. The largest absolute Gasteiger partial charge is 0.507 e. The second-order valence-corrected chi connectivity index (χ2v) is 5.81. The average molecular weight is 357 g/mol. The van der Waals surface area contributed by atoms with E-state index in [0.29, 0.717) is 33.5 Å². The first kappa shape index (κ1) is 16.5. The Balaban J connectivity index is 1.67. The van der Waals surface area contributed by atoms with Crippen molar-refractivity contribution in [3.63, 3.8) is 0 Å². The number of pyridine rings is 1. The summed E-state index contributed by atoms with van der Waals surface area (Å²) in [5, 5.41) is 14.4. The fraction of sp³-hybridized carbons (Fsp3) is 0. The molecule has 0 bridgehead atoms. The van der Waals surface area contributed by atoms with E-state index < -0.39 is 0 Å². The van der Waals surface area contributed by atoms with Crippen LogP contribution in [0.1, 0.15) is 15.9 Å². The smallest absolute Gasteiger partial charge is 0.272 e. The molecule has 6 heteroatoms. The number of carbonyl (C=O) groups excluding carboxylic acids is 1. The molecule has 6 nitrogen and oxygen atoms in total. The Hall–Kier alpha value is -3.93. The van der Waals surface area contributed by atoms with Crippen molar-refractivity contribution in [1.29, 1.82) is 0 Å². The van der Waals surface area contributed by atoms with Crippen molar-refractivity contribution in [2.45, 2.75) is 0 Å². The second kappa shape index (κ2) is 7.13. The van der Waals surface area contributed by atoms with Gasteiger partial charge in [-0.05, 0) is 36.4 Å². The van der Waals surface area contributed by atoms with Gasteiger partial charge in [0.25, 0.3) is 5.91 Å². The van der Waals surface area contributed by atoms with Crippen molar-refractivity contribution in [3.05, 3.63) is 84.1 Å². The number of phenols is 1. The van der Waals surface area contributed by atoms with Gasteiger partial charge >= 0.3 is 0 Å². The van der Waals surface area contributed by atoms with Crippen molar-refractivity contribution in [3.8, 4) is 17.2 Å². The third-order valence-corrected chi connectivity index (χ3v) is 4.04. The lowest BCUT2D eigenvalue weighted by Gasteiger charge is -2.07. The van der Waals surface area contributed by atoms with Gasteiger partial charge in [-0.1, -0.05) is 30.3 Å². The standard InChI is InChI=1S/C21H15N3O3/c25-19-9-4-1-6-14(19)13-22-24-21(26)16-12-18(20-10-5-11-27-20)23-17-8-3-2-7-15(16)17/h1-13,25H,(H,24,26)/b22-13+. The number of amides is 1. The molecule has 0 saturated heterocycles. The van der Waals surface area contributed by atoms with Gasteiger partial charge < -0.3 is 9.52 Å². The van der Waals surface area contributed by atoms with Crippen LogP contribution in [-0.4, -0.2) is 22.2 Å². The Morgan fingerprint density at radius 1 is 1.07 bits per heavy atom. The van der Waals surface area contributed by atoms with Gasteiger partial charge in [0.05, 0.1) is 23.6 Å². The Bertz CT molecular complexity index is 1130. The first-order valence-corrected chi connectivity index (χ1v) is 8.27. The van der Waals surface area contributed by atoms with Crippen LogP contribution in [0.3, 0.4) is 0 Å². The van der Waals surface area contributed by atoms with E-state index in [1.54, 1.807) is 48.7 Å². The molecule has 2 N–H and O–H groups in total. The monoisotopic (exact) mass is 357 g/mol. The fourth-order valence-corrected chi connectivity index (χ4v) is 2.73.